The van der Waals surface area contributed by atoms with Gasteiger partial charge in [0.25, 0.3) is 0 Å². The Morgan fingerprint density at radius 1 is 1.32 bits per heavy atom. The molecule has 1 unspecified atom stereocenters. The van der Waals surface area contributed by atoms with Gasteiger partial charge in [-0.05, 0) is 18.3 Å². The molecule has 1 aliphatic heterocycles. The van der Waals surface area contributed by atoms with E-state index in [1.54, 1.807) is 5.57 Å². The van der Waals surface area contributed by atoms with Crippen molar-refractivity contribution in [3.63, 3.8) is 0 Å². The summed E-state index contributed by atoms with van der Waals surface area (Å²) in [5, 5.41) is 3.61. The standard InChI is InChI=1S/C17H34N2/c1-7-8-16(13-18-14(2)3)19-11-9-15(10-12-19)17(4,5)6/h9,14,16,18H,7-8,10-13H2,1-6H3. The minimum atomic E-state index is 0.350. The van der Waals surface area contributed by atoms with Crippen LogP contribution in [0.5, 0.6) is 0 Å². The lowest BCUT2D eigenvalue weighted by Crippen LogP contribution is -2.46. The van der Waals surface area contributed by atoms with Crippen molar-refractivity contribution in [1.82, 2.24) is 10.2 Å². The van der Waals surface area contributed by atoms with Crippen molar-refractivity contribution in [1.29, 1.82) is 0 Å². The van der Waals surface area contributed by atoms with Gasteiger partial charge >= 0.3 is 0 Å². The monoisotopic (exact) mass is 266 g/mol. The molecule has 0 fully saturated rings. The summed E-state index contributed by atoms with van der Waals surface area (Å²) in [6.45, 7) is 17.3. The molecular weight excluding hydrogens is 232 g/mol. The van der Waals surface area contributed by atoms with E-state index in [9.17, 15) is 0 Å². The van der Waals surface area contributed by atoms with Crippen LogP contribution >= 0.6 is 0 Å². The van der Waals surface area contributed by atoms with E-state index >= 15 is 0 Å². The van der Waals surface area contributed by atoms with Gasteiger partial charge in [-0.15, -0.1) is 0 Å². The van der Waals surface area contributed by atoms with E-state index in [-0.39, 0.29) is 0 Å². The minimum Gasteiger partial charge on any atom is -0.313 e. The van der Waals surface area contributed by atoms with E-state index in [1.807, 2.05) is 0 Å². The Morgan fingerprint density at radius 2 is 2.00 bits per heavy atom. The van der Waals surface area contributed by atoms with Crippen LogP contribution in [0.15, 0.2) is 11.6 Å². The maximum absolute atomic E-state index is 3.61. The van der Waals surface area contributed by atoms with Crippen LogP contribution in [0.1, 0.15) is 60.8 Å². The van der Waals surface area contributed by atoms with Gasteiger partial charge in [-0.2, -0.15) is 0 Å². The van der Waals surface area contributed by atoms with Gasteiger partial charge < -0.3 is 5.32 Å². The van der Waals surface area contributed by atoms with Crippen LogP contribution in [0.25, 0.3) is 0 Å². The molecule has 0 aromatic heterocycles. The summed E-state index contributed by atoms with van der Waals surface area (Å²) in [4.78, 5) is 2.66. The number of nitrogens with zero attached hydrogens (tertiary/aromatic N) is 1. The summed E-state index contributed by atoms with van der Waals surface area (Å²) in [6.07, 6.45) is 6.29. The molecule has 0 aromatic rings. The number of nitrogens with one attached hydrogen (secondary N) is 1. The Kier molecular flexibility index (Phi) is 6.55. The smallest absolute Gasteiger partial charge is 0.0224 e. The molecule has 2 nitrogen and oxygen atoms in total. The van der Waals surface area contributed by atoms with Gasteiger partial charge in [0, 0.05) is 31.7 Å². The fourth-order valence-electron chi connectivity index (χ4n) is 2.82. The summed E-state index contributed by atoms with van der Waals surface area (Å²) >= 11 is 0. The Hall–Kier alpha value is -0.340. The fourth-order valence-corrected chi connectivity index (χ4v) is 2.82. The molecule has 0 aromatic carbocycles. The van der Waals surface area contributed by atoms with Crippen LogP contribution in [0, 0.1) is 5.41 Å². The lowest BCUT2D eigenvalue weighted by molar-refractivity contribution is 0.186. The molecule has 19 heavy (non-hydrogen) atoms. The number of rotatable bonds is 6. The molecule has 2 heteroatoms. The van der Waals surface area contributed by atoms with Crippen molar-refractivity contribution in [3.05, 3.63) is 11.6 Å². The zero-order valence-corrected chi connectivity index (χ0v) is 13.9. The second-order valence-corrected chi connectivity index (χ2v) is 7.23. The zero-order chi connectivity index (χ0) is 14.5. The van der Waals surface area contributed by atoms with Crippen LogP contribution in [-0.4, -0.2) is 36.6 Å². The van der Waals surface area contributed by atoms with Crippen LogP contribution in [-0.2, 0) is 0 Å². The SMILES string of the molecule is CCCC(CNC(C)C)N1CC=C(C(C)(C)C)CC1. The van der Waals surface area contributed by atoms with Gasteiger partial charge in [-0.25, -0.2) is 0 Å². The molecule has 112 valence electrons. The van der Waals surface area contributed by atoms with Crippen molar-refractivity contribution in [2.45, 2.75) is 72.9 Å². The molecule has 0 spiro atoms. The van der Waals surface area contributed by atoms with Crippen molar-refractivity contribution >= 4 is 0 Å². The molecular formula is C17H34N2. The average molecular weight is 266 g/mol. The van der Waals surface area contributed by atoms with Gasteiger partial charge in [0.15, 0.2) is 0 Å². The second-order valence-electron chi connectivity index (χ2n) is 7.23. The molecule has 0 bridgehead atoms. The van der Waals surface area contributed by atoms with Crippen LogP contribution < -0.4 is 5.32 Å². The van der Waals surface area contributed by atoms with E-state index in [2.05, 4.69) is 57.8 Å². The summed E-state index contributed by atoms with van der Waals surface area (Å²) in [6, 6.07) is 1.29. The predicted molar refractivity (Wildman–Crippen MR) is 85.6 cm³/mol. The van der Waals surface area contributed by atoms with Crippen molar-refractivity contribution in [2.75, 3.05) is 19.6 Å². The molecule has 1 heterocycles. The molecule has 1 atom stereocenters. The van der Waals surface area contributed by atoms with Gasteiger partial charge in [0.05, 0.1) is 0 Å². The topological polar surface area (TPSA) is 15.3 Å². The normalized spacial score (nSPS) is 19.6. The molecule has 1 aliphatic rings. The molecule has 1 rings (SSSR count). The van der Waals surface area contributed by atoms with Crippen molar-refractivity contribution in [2.24, 2.45) is 5.41 Å². The quantitative estimate of drug-likeness (QED) is 0.735. The van der Waals surface area contributed by atoms with Crippen molar-refractivity contribution in [3.8, 4) is 0 Å². The highest BCUT2D eigenvalue weighted by Crippen LogP contribution is 2.30. The maximum Gasteiger partial charge on any atom is 0.0224 e. The third-order valence-corrected chi connectivity index (χ3v) is 4.10. The number of hydrogen-bond acceptors (Lipinski definition) is 2. The largest absolute Gasteiger partial charge is 0.313 e. The first kappa shape index (κ1) is 16.7. The lowest BCUT2D eigenvalue weighted by Gasteiger charge is -2.37. The Balaban J connectivity index is 2.56. The maximum atomic E-state index is 3.61. The Labute approximate surface area is 120 Å². The molecule has 0 radical (unpaired) electrons. The van der Waals surface area contributed by atoms with Crippen LogP contribution in [0.3, 0.4) is 0 Å². The molecule has 0 amide bonds. The fraction of sp³-hybridized carbons (Fsp3) is 0.882. The minimum absolute atomic E-state index is 0.350. The van der Waals surface area contributed by atoms with E-state index in [1.165, 1.54) is 25.8 Å². The van der Waals surface area contributed by atoms with E-state index < -0.39 is 0 Å². The Bertz CT molecular complexity index is 286. The lowest BCUT2D eigenvalue weighted by atomic mass is 9.82. The highest BCUT2D eigenvalue weighted by Gasteiger charge is 2.24. The second kappa shape index (κ2) is 7.44. The highest BCUT2D eigenvalue weighted by molar-refractivity contribution is 5.15. The first-order valence-electron chi connectivity index (χ1n) is 8.01. The molecule has 1 N–H and O–H groups in total. The van der Waals surface area contributed by atoms with Gasteiger partial charge in [-0.3, -0.25) is 4.90 Å². The third-order valence-electron chi connectivity index (χ3n) is 4.10. The number of hydrogen-bond donors (Lipinski definition) is 1. The summed E-state index contributed by atoms with van der Waals surface area (Å²) in [5.41, 5.74) is 1.98. The molecule has 0 saturated heterocycles. The first-order valence-corrected chi connectivity index (χ1v) is 8.01. The predicted octanol–water partition coefficient (Wildman–Crippen LogP) is 3.83. The zero-order valence-electron chi connectivity index (χ0n) is 13.9. The first-order chi connectivity index (χ1) is 8.84. The van der Waals surface area contributed by atoms with Crippen LogP contribution in [0.2, 0.25) is 0 Å². The van der Waals surface area contributed by atoms with Gasteiger partial charge in [0.1, 0.15) is 0 Å². The van der Waals surface area contributed by atoms with E-state index in [0.29, 0.717) is 17.5 Å². The average Bonchev–Trinajstić information content (AvgIpc) is 2.33. The van der Waals surface area contributed by atoms with Crippen LogP contribution in [0.4, 0.5) is 0 Å². The third kappa shape index (κ3) is 5.66. The summed E-state index contributed by atoms with van der Waals surface area (Å²) < 4.78 is 0. The highest BCUT2D eigenvalue weighted by atomic mass is 15.2. The van der Waals surface area contributed by atoms with Crippen molar-refractivity contribution < 1.29 is 0 Å². The molecule has 0 saturated carbocycles. The van der Waals surface area contributed by atoms with E-state index in [4.69, 9.17) is 0 Å². The Morgan fingerprint density at radius 3 is 2.42 bits per heavy atom. The summed E-state index contributed by atoms with van der Waals surface area (Å²) in [7, 11) is 0. The van der Waals surface area contributed by atoms with Gasteiger partial charge in [0.2, 0.25) is 0 Å². The van der Waals surface area contributed by atoms with Gasteiger partial charge in [-0.1, -0.05) is 59.6 Å². The summed E-state index contributed by atoms with van der Waals surface area (Å²) in [5.74, 6) is 0. The van der Waals surface area contributed by atoms with E-state index in [0.717, 1.165) is 13.1 Å². The molecule has 0 aliphatic carbocycles.